The molecule has 2 rings (SSSR count). The third-order valence-corrected chi connectivity index (χ3v) is 2.91. The van der Waals surface area contributed by atoms with Crippen molar-refractivity contribution >= 4 is 12.1 Å². The largest absolute Gasteiger partial charge is 0.435 e. The maximum absolute atomic E-state index is 12.0. The molecule has 0 radical (unpaired) electrons. The Morgan fingerprint density at radius 2 is 1.83 bits per heavy atom. The molecule has 2 aromatic carbocycles. The van der Waals surface area contributed by atoms with Gasteiger partial charge in [0, 0.05) is 6.54 Å². The molecule has 2 aromatic rings. The summed E-state index contributed by atoms with van der Waals surface area (Å²) in [5, 5.41) is 6.35. The van der Waals surface area contributed by atoms with Crippen molar-refractivity contribution < 1.29 is 23.1 Å². The monoisotopic (exact) mass is 334 g/mol. The fourth-order valence-corrected chi connectivity index (χ4v) is 1.78. The number of ether oxygens (including phenoxy) is 1. The zero-order valence-electron chi connectivity index (χ0n) is 12.7. The van der Waals surface area contributed by atoms with Crippen molar-refractivity contribution in [3.05, 3.63) is 65.7 Å². The summed E-state index contributed by atoms with van der Waals surface area (Å²) in [6, 6.07) is 15.3. The van der Waals surface area contributed by atoms with E-state index in [1.165, 1.54) is 18.3 Å². The Morgan fingerprint density at radius 3 is 2.50 bits per heavy atom. The maximum Gasteiger partial charge on any atom is 0.387 e. The number of oxime groups is 1. The molecule has 0 saturated carbocycles. The van der Waals surface area contributed by atoms with E-state index in [0.29, 0.717) is 12.1 Å². The van der Waals surface area contributed by atoms with E-state index in [2.05, 4.69) is 15.2 Å². The predicted molar refractivity (Wildman–Crippen MR) is 84.9 cm³/mol. The maximum atomic E-state index is 12.0. The standard InChI is InChI=1S/C17H16F2N2O3/c18-17(19)24-15-8-6-14(7-9-15)11-21-23-12-16(22)20-10-13-4-2-1-3-5-13/h1-9,11,17H,10,12H2,(H,20,22)/b21-11-. The summed E-state index contributed by atoms with van der Waals surface area (Å²) >= 11 is 0. The number of hydrogen-bond acceptors (Lipinski definition) is 4. The van der Waals surface area contributed by atoms with E-state index in [1.807, 2.05) is 30.3 Å². The summed E-state index contributed by atoms with van der Waals surface area (Å²) in [4.78, 5) is 16.5. The average Bonchev–Trinajstić information content (AvgIpc) is 2.59. The molecule has 0 atom stereocenters. The summed E-state index contributed by atoms with van der Waals surface area (Å²) in [5.41, 5.74) is 1.61. The summed E-state index contributed by atoms with van der Waals surface area (Å²) < 4.78 is 28.2. The van der Waals surface area contributed by atoms with Crippen LogP contribution < -0.4 is 10.1 Å². The molecule has 0 fully saturated rings. The highest BCUT2D eigenvalue weighted by molar-refractivity contribution is 5.80. The molecule has 1 amide bonds. The van der Waals surface area contributed by atoms with Gasteiger partial charge in [-0.15, -0.1) is 0 Å². The second-order valence-electron chi connectivity index (χ2n) is 4.72. The first kappa shape index (κ1) is 17.4. The highest BCUT2D eigenvalue weighted by atomic mass is 19.3. The summed E-state index contributed by atoms with van der Waals surface area (Å²) in [5.74, 6) is -0.236. The first-order valence-electron chi connectivity index (χ1n) is 7.14. The lowest BCUT2D eigenvalue weighted by molar-refractivity contribution is -0.125. The second-order valence-corrected chi connectivity index (χ2v) is 4.72. The van der Waals surface area contributed by atoms with E-state index < -0.39 is 6.61 Å². The van der Waals surface area contributed by atoms with Gasteiger partial charge >= 0.3 is 6.61 Å². The number of carbonyl (C=O) groups excluding carboxylic acids is 1. The number of nitrogens with one attached hydrogen (secondary N) is 1. The van der Waals surface area contributed by atoms with Gasteiger partial charge in [-0.1, -0.05) is 35.5 Å². The minimum absolute atomic E-state index is 0.0587. The topological polar surface area (TPSA) is 59.9 Å². The second kappa shape index (κ2) is 9.24. The molecule has 0 bridgehead atoms. The van der Waals surface area contributed by atoms with Gasteiger partial charge in [0.05, 0.1) is 6.21 Å². The molecule has 5 nitrogen and oxygen atoms in total. The van der Waals surface area contributed by atoms with Crippen molar-refractivity contribution in [2.75, 3.05) is 6.61 Å². The first-order chi connectivity index (χ1) is 11.6. The zero-order chi connectivity index (χ0) is 17.2. The molecule has 0 unspecified atom stereocenters. The van der Waals surface area contributed by atoms with Gasteiger partial charge < -0.3 is 14.9 Å². The van der Waals surface area contributed by atoms with Crippen molar-refractivity contribution in [2.24, 2.45) is 5.16 Å². The third kappa shape index (κ3) is 6.43. The number of benzene rings is 2. The average molecular weight is 334 g/mol. The van der Waals surface area contributed by atoms with Crippen molar-refractivity contribution in [3.63, 3.8) is 0 Å². The van der Waals surface area contributed by atoms with Crippen molar-refractivity contribution in [1.29, 1.82) is 0 Å². The fraction of sp³-hybridized carbons (Fsp3) is 0.176. The first-order valence-corrected chi connectivity index (χ1v) is 7.14. The molecular formula is C17H16F2N2O3. The number of amides is 1. The molecule has 126 valence electrons. The molecule has 7 heteroatoms. The zero-order valence-corrected chi connectivity index (χ0v) is 12.7. The minimum atomic E-state index is -2.86. The Hall–Kier alpha value is -2.96. The van der Waals surface area contributed by atoms with Gasteiger partial charge in [-0.2, -0.15) is 8.78 Å². The van der Waals surface area contributed by atoms with Crippen LogP contribution in [0.4, 0.5) is 8.78 Å². The number of halogens is 2. The van der Waals surface area contributed by atoms with Crippen molar-refractivity contribution in [3.8, 4) is 5.75 Å². The molecule has 0 saturated heterocycles. The summed E-state index contributed by atoms with van der Waals surface area (Å²) in [6.07, 6.45) is 1.37. The Morgan fingerprint density at radius 1 is 1.12 bits per heavy atom. The van der Waals surface area contributed by atoms with Crippen LogP contribution in [0.3, 0.4) is 0 Å². The summed E-state index contributed by atoms with van der Waals surface area (Å²) in [7, 11) is 0. The number of carbonyl (C=O) groups is 1. The molecule has 0 aliphatic heterocycles. The third-order valence-electron chi connectivity index (χ3n) is 2.91. The molecule has 0 heterocycles. The lowest BCUT2D eigenvalue weighted by Crippen LogP contribution is -2.26. The van der Waals surface area contributed by atoms with E-state index >= 15 is 0 Å². The van der Waals surface area contributed by atoms with Crippen LogP contribution in [0.5, 0.6) is 5.75 Å². The number of nitrogens with zero attached hydrogens (tertiary/aromatic N) is 1. The molecular weight excluding hydrogens is 318 g/mol. The van der Waals surface area contributed by atoms with Gasteiger partial charge in [0.2, 0.25) is 0 Å². The van der Waals surface area contributed by atoms with Crippen LogP contribution in [0.1, 0.15) is 11.1 Å². The van der Waals surface area contributed by atoms with Crippen LogP contribution in [0.2, 0.25) is 0 Å². The van der Waals surface area contributed by atoms with Gasteiger partial charge in [0.25, 0.3) is 5.91 Å². The summed E-state index contributed by atoms with van der Waals surface area (Å²) in [6.45, 7) is -2.66. The van der Waals surface area contributed by atoms with Crippen molar-refractivity contribution in [2.45, 2.75) is 13.2 Å². The number of rotatable bonds is 8. The van der Waals surface area contributed by atoms with Crippen LogP contribution in [-0.4, -0.2) is 25.3 Å². The van der Waals surface area contributed by atoms with Gasteiger partial charge in [0.15, 0.2) is 6.61 Å². The van der Waals surface area contributed by atoms with Crippen LogP contribution in [0.25, 0.3) is 0 Å². The molecule has 1 N–H and O–H groups in total. The molecule has 0 spiro atoms. The predicted octanol–water partition coefficient (Wildman–Crippen LogP) is 2.95. The lowest BCUT2D eigenvalue weighted by Gasteiger charge is -2.04. The van der Waals surface area contributed by atoms with Crippen LogP contribution >= 0.6 is 0 Å². The van der Waals surface area contributed by atoms with E-state index in [4.69, 9.17) is 4.84 Å². The minimum Gasteiger partial charge on any atom is -0.435 e. The quantitative estimate of drug-likeness (QED) is 0.596. The number of hydrogen-bond donors (Lipinski definition) is 1. The van der Waals surface area contributed by atoms with Crippen LogP contribution in [0.15, 0.2) is 59.8 Å². The van der Waals surface area contributed by atoms with Crippen LogP contribution in [0, 0.1) is 0 Å². The highest BCUT2D eigenvalue weighted by Crippen LogP contribution is 2.13. The highest BCUT2D eigenvalue weighted by Gasteiger charge is 2.03. The van der Waals surface area contributed by atoms with Gasteiger partial charge in [0.1, 0.15) is 5.75 Å². The smallest absolute Gasteiger partial charge is 0.387 e. The Kier molecular flexibility index (Phi) is 6.70. The van der Waals surface area contributed by atoms with E-state index in [1.54, 1.807) is 12.1 Å². The lowest BCUT2D eigenvalue weighted by atomic mass is 10.2. The SMILES string of the molecule is O=C(CO/N=C\c1ccc(OC(F)F)cc1)NCc1ccccc1. The Bertz CT molecular complexity index is 661. The van der Waals surface area contributed by atoms with Crippen LogP contribution in [-0.2, 0) is 16.2 Å². The molecule has 0 aliphatic rings. The van der Waals surface area contributed by atoms with Crippen molar-refractivity contribution in [1.82, 2.24) is 5.32 Å². The molecule has 0 aromatic heterocycles. The Balaban J connectivity index is 1.69. The molecule has 24 heavy (non-hydrogen) atoms. The Labute approximate surface area is 137 Å². The van der Waals surface area contributed by atoms with E-state index in [-0.39, 0.29) is 18.3 Å². The van der Waals surface area contributed by atoms with Gasteiger partial charge in [-0.25, -0.2) is 0 Å². The van der Waals surface area contributed by atoms with E-state index in [0.717, 1.165) is 5.56 Å². The van der Waals surface area contributed by atoms with E-state index in [9.17, 15) is 13.6 Å². The van der Waals surface area contributed by atoms with Gasteiger partial charge in [-0.3, -0.25) is 4.79 Å². The van der Waals surface area contributed by atoms with Gasteiger partial charge in [-0.05, 0) is 35.4 Å². The molecule has 0 aliphatic carbocycles. The number of alkyl halides is 2. The normalized spacial score (nSPS) is 10.8. The fourth-order valence-electron chi connectivity index (χ4n) is 1.78.